The highest BCUT2D eigenvalue weighted by Gasteiger charge is 2.38. The van der Waals surface area contributed by atoms with Crippen molar-refractivity contribution in [1.29, 1.82) is 5.41 Å². The van der Waals surface area contributed by atoms with Crippen molar-refractivity contribution in [3.8, 4) is 5.75 Å². The number of ketones is 1. The van der Waals surface area contributed by atoms with E-state index in [2.05, 4.69) is 4.98 Å². The Bertz CT molecular complexity index is 738. The Morgan fingerprint density at radius 3 is 3.05 bits per heavy atom. The molecule has 1 atom stereocenters. The van der Waals surface area contributed by atoms with Gasteiger partial charge in [-0.25, -0.2) is 4.98 Å². The molecule has 1 aromatic heterocycles. The fourth-order valence-corrected chi connectivity index (χ4v) is 4.01. The highest BCUT2D eigenvalue weighted by molar-refractivity contribution is 8.19. The predicted octanol–water partition coefficient (Wildman–Crippen LogP) is 3.96. The van der Waals surface area contributed by atoms with E-state index in [0.29, 0.717) is 21.6 Å². The molecule has 1 aliphatic heterocycles. The van der Waals surface area contributed by atoms with Crippen LogP contribution in [0.3, 0.4) is 0 Å². The summed E-state index contributed by atoms with van der Waals surface area (Å²) in [5, 5.41) is 10.9. The normalized spacial score (nSPS) is 19.9. The van der Waals surface area contributed by atoms with Gasteiger partial charge in [-0.2, -0.15) is 0 Å². The second kappa shape index (κ2) is 6.46. The smallest absolute Gasteiger partial charge is 0.186 e. The molecular weight excluding hydrogens is 316 g/mol. The summed E-state index contributed by atoms with van der Waals surface area (Å²) < 4.78 is 5.47. The summed E-state index contributed by atoms with van der Waals surface area (Å²) in [6.45, 7) is 2.53. The van der Waals surface area contributed by atoms with Gasteiger partial charge in [-0.15, -0.1) is 11.3 Å². The lowest BCUT2D eigenvalue weighted by atomic mass is 10.1. The molecule has 0 aliphatic carbocycles. The van der Waals surface area contributed by atoms with Crippen molar-refractivity contribution in [3.63, 3.8) is 0 Å². The Morgan fingerprint density at radius 2 is 2.32 bits per heavy atom. The third-order valence-corrected chi connectivity index (χ3v) is 4.99. The number of nitrogens with zero attached hydrogens (tertiary/aromatic N) is 1. The molecule has 0 spiro atoms. The van der Waals surface area contributed by atoms with Crippen molar-refractivity contribution >= 4 is 40.0 Å². The van der Waals surface area contributed by atoms with Crippen LogP contribution in [-0.2, 0) is 4.79 Å². The molecule has 6 heteroatoms. The number of carbonyl (C=O) groups is 1. The van der Waals surface area contributed by atoms with Crippen LogP contribution in [0.5, 0.6) is 5.75 Å². The van der Waals surface area contributed by atoms with E-state index >= 15 is 0 Å². The number of rotatable bonds is 4. The molecule has 4 nitrogen and oxygen atoms in total. The highest BCUT2D eigenvalue weighted by Crippen LogP contribution is 2.41. The lowest BCUT2D eigenvalue weighted by Crippen LogP contribution is -2.11. The van der Waals surface area contributed by atoms with Gasteiger partial charge in [-0.05, 0) is 30.7 Å². The molecule has 2 aromatic rings. The van der Waals surface area contributed by atoms with Crippen molar-refractivity contribution in [2.75, 3.05) is 6.61 Å². The van der Waals surface area contributed by atoms with Gasteiger partial charge in [0, 0.05) is 11.6 Å². The number of hydrogen-bond donors (Lipinski definition) is 1. The van der Waals surface area contributed by atoms with Gasteiger partial charge >= 0.3 is 0 Å². The van der Waals surface area contributed by atoms with Crippen LogP contribution in [0, 0.1) is 5.41 Å². The van der Waals surface area contributed by atoms with Crippen molar-refractivity contribution in [2.24, 2.45) is 0 Å². The molecule has 1 saturated heterocycles. The maximum absolute atomic E-state index is 12.5. The van der Waals surface area contributed by atoms with Crippen LogP contribution in [0.25, 0.3) is 6.08 Å². The van der Waals surface area contributed by atoms with Crippen LogP contribution in [-0.4, -0.2) is 22.4 Å². The summed E-state index contributed by atoms with van der Waals surface area (Å²) >= 11 is 2.63. The molecule has 0 radical (unpaired) electrons. The van der Waals surface area contributed by atoms with Gasteiger partial charge in [-0.3, -0.25) is 10.2 Å². The number of benzene rings is 1. The van der Waals surface area contributed by atoms with Gasteiger partial charge < -0.3 is 4.74 Å². The average Bonchev–Trinajstić information content (AvgIpc) is 3.09. The summed E-state index contributed by atoms with van der Waals surface area (Å²) in [6.07, 6.45) is 3.48. The maximum atomic E-state index is 12.5. The Labute approximate surface area is 136 Å². The van der Waals surface area contributed by atoms with Crippen LogP contribution in [0.4, 0.5) is 0 Å². The molecule has 1 N–H and O–H groups in total. The van der Waals surface area contributed by atoms with Crippen LogP contribution in [0.1, 0.15) is 23.4 Å². The molecule has 0 saturated carbocycles. The number of allylic oxidation sites excluding steroid dienone is 1. The Morgan fingerprint density at radius 1 is 1.45 bits per heavy atom. The maximum Gasteiger partial charge on any atom is 0.186 e. The summed E-state index contributed by atoms with van der Waals surface area (Å²) in [4.78, 5) is 17.3. The van der Waals surface area contributed by atoms with Gasteiger partial charge in [0.05, 0.1) is 16.6 Å². The molecule has 22 heavy (non-hydrogen) atoms. The molecule has 2 heterocycles. The van der Waals surface area contributed by atoms with E-state index in [9.17, 15) is 4.79 Å². The average molecular weight is 330 g/mol. The standard InChI is InChI=1S/C16H14N2O2S2/c1-2-20-11-5-3-4-10(8-11)9-12-14(19)13(15(17)22-12)16-18-6-7-21-16/h3-9,13,17H,2H2,1H3. The number of aromatic nitrogens is 1. The van der Waals surface area contributed by atoms with E-state index in [4.69, 9.17) is 10.1 Å². The highest BCUT2D eigenvalue weighted by atomic mass is 32.2. The van der Waals surface area contributed by atoms with Gasteiger partial charge in [0.15, 0.2) is 5.78 Å². The van der Waals surface area contributed by atoms with E-state index in [0.717, 1.165) is 11.3 Å². The minimum Gasteiger partial charge on any atom is -0.494 e. The number of hydrogen-bond acceptors (Lipinski definition) is 6. The number of carbonyl (C=O) groups excluding carboxylic acids is 1. The molecule has 1 aliphatic rings. The van der Waals surface area contributed by atoms with Crippen LogP contribution in [0.2, 0.25) is 0 Å². The molecule has 0 amide bonds. The summed E-state index contributed by atoms with van der Waals surface area (Å²) in [5.74, 6) is 0.192. The molecule has 1 fully saturated rings. The first-order chi connectivity index (χ1) is 10.7. The Kier molecular flexibility index (Phi) is 4.40. The Hall–Kier alpha value is -1.92. The lowest BCUT2D eigenvalue weighted by Gasteiger charge is -2.04. The van der Waals surface area contributed by atoms with E-state index in [1.54, 1.807) is 6.20 Å². The lowest BCUT2D eigenvalue weighted by molar-refractivity contribution is -0.114. The first-order valence-electron chi connectivity index (χ1n) is 6.83. The number of thiazole rings is 1. The minimum absolute atomic E-state index is 0.0493. The molecular formula is C16H14N2O2S2. The topological polar surface area (TPSA) is 63.0 Å². The fraction of sp³-hybridized carbons (Fsp3) is 0.188. The first-order valence-corrected chi connectivity index (χ1v) is 8.53. The van der Waals surface area contributed by atoms with Crippen LogP contribution in [0.15, 0.2) is 40.7 Å². The van der Waals surface area contributed by atoms with Gasteiger partial charge in [0.2, 0.25) is 0 Å². The molecule has 1 unspecified atom stereocenters. The zero-order valence-corrected chi connectivity index (χ0v) is 13.5. The predicted molar refractivity (Wildman–Crippen MR) is 90.8 cm³/mol. The van der Waals surface area contributed by atoms with E-state index in [-0.39, 0.29) is 5.78 Å². The third kappa shape index (κ3) is 2.98. The van der Waals surface area contributed by atoms with E-state index in [1.165, 1.54) is 23.1 Å². The number of nitrogens with one attached hydrogen (secondary N) is 1. The number of ether oxygens (including phenoxy) is 1. The van der Waals surface area contributed by atoms with Gasteiger partial charge in [0.25, 0.3) is 0 Å². The third-order valence-electron chi connectivity index (χ3n) is 3.15. The number of Topliss-reactive ketones (excluding diaryl/α,β-unsaturated/α-hetero) is 1. The quantitative estimate of drug-likeness (QED) is 0.862. The summed E-state index contributed by atoms with van der Waals surface area (Å²) in [7, 11) is 0. The van der Waals surface area contributed by atoms with E-state index < -0.39 is 5.92 Å². The van der Waals surface area contributed by atoms with Gasteiger partial charge in [-0.1, -0.05) is 23.9 Å². The van der Waals surface area contributed by atoms with E-state index in [1.807, 2.05) is 42.6 Å². The fourth-order valence-electron chi connectivity index (χ4n) is 2.20. The monoisotopic (exact) mass is 330 g/mol. The van der Waals surface area contributed by atoms with Crippen molar-refractivity contribution < 1.29 is 9.53 Å². The van der Waals surface area contributed by atoms with Crippen molar-refractivity contribution in [3.05, 3.63) is 51.3 Å². The molecule has 112 valence electrons. The number of thioether (sulfide) groups is 1. The van der Waals surface area contributed by atoms with Crippen LogP contribution >= 0.6 is 23.1 Å². The zero-order chi connectivity index (χ0) is 15.5. The summed E-state index contributed by atoms with van der Waals surface area (Å²) in [5.41, 5.74) is 0.898. The van der Waals surface area contributed by atoms with Crippen molar-refractivity contribution in [1.82, 2.24) is 4.98 Å². The molecule has 3 rings (SSSR count). The zero-order valence-electron chi connectivity index (χ0n) is 11.9. The second-order valence-electron chi connectivity index (χ2n) is 4.65. The van der Waals surface area contributed by atoms with Crippen LogP contribution < -0.4 is 4.74 Å². The summed E-state index contributed by atoms with van der Waals surface area (Å²) in [6, 6.07) is 7.59. The van der Waals surface area contributed by atoms with Gasteiger partial charge in [0.1, 0.15) is 16.7 Å². The SMILES string of the molecule is CCOc1cccc(C=C2SC(=N)C(c3nccs3)C2=O)c1. The first kappa shape index (κ1) is 15.0. The Balaban J connectivity index is 1.88. The van der Waals surface area contributed by atoms with Crippen molar-refractivity contribution in [2.45, 2.75) is 12.8 Å². The molecule has 0 bridgehead atoms. The minimum atomic E-state index is -0.536. The largest absolute Gasteiger partial charge is 0.494 e. The second-order valence-corrected chi connectivity index (χ2v) is 6.66. The molecule has 1 aromatic carbocycles.